The Labute approximate surface area is 98.1 Å². The third-order valence-electron chi connectivity index (χ3n) is 1.97. The number of hydrogen-bond donors (Lipinski definition) is 1. The van der Waals surface area contributed by atoms with E-state index >= 15 is 0 Å². The summed E-state index contributed by atoms with van der Waals surface area (Å²) in [5.74, 6) is 0.178. The first-order chi connectivity index (χ1) is 7.69. The van der Waals surface area contributed by atoms with E-state index in [-0.39, 0.29) is 5.97 Å². The van der Waals surface area contributed by atoms with Crippen molar-refractivity contribution in [3.8, 4) is 5.88 Å². The molecule has 1 aromatic rings. The molecule has 0 aliphatic rings. The number of nitrogens with zero attached hydrogens (tertiary/aromatic N) is 1. The van der Waals surface area contributed by atoms with Gasteiger partial charge in [0.1, 0.15) is 0 Å². The first-order valence-corrected chi connectivity index (χ1v) is 5.99. The summed E-state index contributed by atoms with van der Waals surface area (Å²) in [5.41, 5.74) is 0. The van der Waals surface area contributed by atoms with Crippen LogP contribution in [0.1, 0.15) is 19.8 Å². The Balaban J connectivity index is 2.72. The quantitative estimate of drug-likeness (QED) is 0.769. The van der Waals surface area contributed by atoms with E-state index in [9.17, 15) is 4.79 Å². The van der Waals surface area contributed by atoms with Crippen LogP contribution < -0.4 is 9.54 Å². The summed E-state index contributed by atoms with van der Waals surface area (Å²) in [6, 6.07) is 0. The van der Waals surface area contributed by atoms with Crippen molar-refractivity contribution in [3.63, 3.8) is 0 Å². The minimum Gasteiger partial charge on any atom is -0.408 e. The van der Waals surface area contributed by atoms with Crippen molar-refractivity contribution in [2.45, 2.75) is 26.3 Å². The third kappa shape index (κ3) is 3.46. The molecule has 0 aromatic carbocycles. The van der Waals surface area contributed by atoms with Crippen molar-refractivity contribution in [3.05, 3.63) is 10.2 Å². The fourth-order valence-electron chi connectivity index (χ4n) is 1.18. The molecule has 1 heterocycles. The fraction of sp³-hybridized carbons (Fsp3) is 0.600. The number of rotatable bonds is 6. The maximum absolute atomic E-state index is 11.3. The summed E-state index contributed by atoms with van der Waals surface area (Å²) in [4.78, 5) is 11.7. The number of aromatic nitrogens is 1. The third-order valence-corrected chi connectivity index (χ3v) is 2.74. The summed E-state index contributed by atoms with van der Waals surface area (Å²) >= 11 is 1.24. The molecular formula is C10H16N2O3S. The average molecular weight is 244 g/mol. The van der Waals surface area contributed by atoms with Gasteiger partial charge in [0.15, 0.2) is 4.80 Å². The molecular weight excluding hydrogens is 228 g/mol. The molecule has 1 rings (SSSR count). The van der Waals surface area contributed by atoms with E-state index in [1.54, 1.807) is 17.1 Å². The molecule has 0 saturated heterocycles. The van der Waals surface area contributed by atoms with Gasteiger partial charge in [0, 0.05) is 13.5 Å². The van der Waals surface area contributed by atoms with E-state index < -0.39 is 0 Å². The highest BCUT2D eigenvalue weighted by Crippen LogP contribution is 2.12. The molecule has 0 aliphatic carbocycles. The van der Waals surface area contributed by atoms with E-state index in [2.05, 4.69) is 0 Å². The smallest absolute Gasteiger partial charge is 0.312 e. The average Bonchev–Trinajstić information content (AvgIpc) is 2.57. The molecule has 90 valence electrons. The van der Waals surface area contributed by atoms with E-state index in [1.165, 1.54) is 11.3 Å². The summed E-state index contributed by atoms with van der Waals surface area (Å²) < 4.78 is 11.7. The molecule has 0 unspecified atom stereocenters. The van der Waals surface area contributed by atoms with Gasteiger partial charge < -0.3 is 9.47 Å². The highest BCUT2D eigenvalue weighted by Gasteiger charge is 2.09. The topological polar surface area (TPSA) is 64.3 Å². The van der Waals surface area contributed by atoms with Gasteiger partial charge in [-0.1, -0.05) is 6.92 Å². The minimum absolute atomic E-state index is 0.258. The molecule has 0 radical (unpaired) electrons. The van der Waals surface area contributed by atoms with Crippen LogP contribution in [0.3, 0.4) is 0 Å². The summed E-state index contributed by atoms with van der Waals surface area (Å²) in [5, 5.41) is 9.32. The molecule has 0 bridgehead atoms. The highest BCUT2D eigenvalue weighted by molar-refractivity contribution is 7.07. The molecule has 16 heavy (non-hydrogen) atoms. The van der Waals surface area contributed by atoms with Crippen LogP contribution in [-0.4, -0.2) is 24.3 Å². The van der Waals surface area contributed by atoms with Gasteiger partial charge in [0.2, 0.25) is 5.88 Å². The van der Waals surface area contributed by atoms with Crippen LogP contribution in [-0.2, 0) is 16.1 Å². The van der Waals surface area contributed by atoms with Gasteiger partial charge in [0.25, 0.3) is 0 Å². The lowest BCUT2D eigenvalue weighted by molar-refractivity contribution is -0.134. The zero-order valence-electron chi connectivity index (χ0n) is 9.49. The monoisotopic (exact) mass is 244 g/mol. The number of esters is 1. The van der Waals surface area contributed by atoms with Crippen LogP contribution in [0.4, 0.5) is 0 Å². The van der Waals surface area contributed by atoms with Crippen molar-refractivity contribution >= 4 is 17.3 Å². The van der Waals surface area contributed by atoms with Gasteiger partial charge >= 0.3 is 5.97 Å². The van der Waals surface area contributed by atoms with E-state index in [0.717, 1.165) is 6.42 Å². The maximum Gasteiger partial charge on any atom is 0.312 e. The number of carbonyl (C=O) groups is 1. The van der Waals surface area contributed by atoms with Crippen molar-refractivity contribution in [2.75, 3.05) is 13.7 Å². The lowest BCUT2D eigenvalue weighted by atomic mass is 10.3. The molecule has 0 saturated carbocycles. The Morgan fingerprint density at radius 1 is 1.62 bits per heavy atom. The van der Waals surface area contributed by atoms with Gasteiger partial charge in [-0.2, -0.15) is 0 Å². The number of nitrogens with one attached hydrogen (secondary N) is 1. The summed E-state index contributed by atoms with van der Waals surface area (Å²) in [6.07, 6.45) is 1.15. The predicted octanol–water partition coefficient (Wildman–Crippen LogP) is 1.38. The minimum atomic E-state index is -0.258. The maximum atomic E-state index is 11.3. The van der Waals surface area contributed by atoms with Crippen LogP contribution in [0.5, 0.6) is 5.88 Å². The van der Waals surface area contributed by atoms with Gasteiger partial charge in [-0.05, 0) is 6.42 Å². The van der Waals surface area contributed by atoms with Crippen molar-refractivity contribution in [1.82, 2.24) is 4.57 Å². The van der Waals surface area contributed by atoms with E-state index in [0.29, 0.717) is 30.3 Å². The predicted molar refractivity (Wildman–Crippen MR) is 60.6 cm³/mol. The first kappa shape index (κ1) is 12.9. The van der Waals surface area contributed by atoms with Gasteiger partial charge in [-0.15, -0.1) is 11.3 Å². The van der Waals surface area contributed by atoms with Crippen LogP contribution in [0.2, 0.25) is 0 Å². The molecule has 0 amide bonds. The second-order valence-electron chi connectivity index (χ2n) is 3.25. The summed E-state index contributed by atoms with van der Waals surface area (Å²) in [6.45, 7) is 2.93. The number of carbonyl (C=O) groups excluding carboxylic acids is 1. The zero-order chi connectivity index (χ0) is 12.0. The second-order valence-corrected chi connectivity index (χ2v) is 4.11. The molecule has 0 spiro atoms. The molecule has 5 nitrogen and oxygen atoms in total. The standard InChI is InChI=1S/C10H16N2O3S/c1-3-4-9(13)15-8-7-16-10(11)12(8)5-6-14-2/h7,11H,3-6H2,1-2H3. The molecule has 0 aliphatic heterocycles. The lowest BCUT2D eigenvalue weighted by Crippen LogP contribution is -2.19. The van der Waals surface area contributed by atoms with Crippen LogP contribution in [0.15, 0.2) is 5.38 Å². The Morgan fingerprint density at radius 2 is 2.38 bits per heavy atom. The molecule has 0 atom stereocenters. The lowest BCUT2D eigenvalue weighted by Gasteiger charge is -2.07. The number of ether oxygens (including phenoxy) is 2. The van der Waals surface area contributed by atoms with E-state index in [4.69, 9.17) is 14.9 Å². The first-order valence-electron chi connectivity index (χ1n) is 5.11. The number of thiazole rings is 1. The normalized spacial score (nSPS) is 10.4. The SMILES string of the molecule is CCCC(=O)Oc1csc(=N)n1CCOC. The molecule has 6 heteroatoms. The zero-order valence-corrected chi connectivity index (χ0v) is 10.3. The van der Waals surface area contributed by atoms with E-state index in [1.807, 2.05) is 6.92 Å². The van der Waals surface area contributed by atoms with Gasteiger partial charge in [-0.3, -0.25) is 14.8 Å². The van der Waals surface area contributed by atoms with Gasteiger partial charge in [-0.25, -0.2) is 0 Å². The Hall–Kier alpha value is -1.14. The molecule has 0 fully saturated rings. The Morgan fingerprint density at radius 3 is 3.00 bits per heavy atom. The van der Waals surface area contributed by atoms with Crippen LogP contribution in [0.25, 0.3) is 0 Å². The number of hydrogen-bond acceptors (Lipinski definition) is 5. The van der Waals surface area contributed by atoms with Gasteiger partial charge in [0.05, 0.1) is 18.5 Å². The largest absolute Gasteiger partial charge is 0.408 e. The van der Waals surface area contributed by atoms with Crippen molar-refractivity contribution in [1.29, 1.82) is 5.41 Å². The Bertz CT molecular complexity index is 397. The van der Waals surface area contributed by atoms with Crippen molar-refractivity contribution < 1.29 is 14.3 Å². The highest BCUT2D eigenvalue weighted by atomic mass is 32.1. The molecule has 1 N–H and O–H groups in total. The second kappa shape index (κ2) is 6.44. The van der Waals surface area contributed by atoms with Crippen LogP contribution in [0, 0.1) is 5.41 Å². The van der Waals surface area contributed by atoms with Crippen molar-refractivity contribution in [2.24, 2.45) is 0 Å². The number of methoxy groups -OCH3 is 1. The molecule has 1 aromatic heterocycles. The fourth-order valence-corrected chi connectivity index (χ4v) is 1.88. The van der Waals surface area contributed by atoms with Crippen LogP contribution >= 0.6 is 11.3 Å². The summed E-state index contributed by atoms with van der Waals surface area (Å²) in [7, 11) is 1.60. The Kier molecular flexibility index (Phi) is 5.21.